The molecule has 0 unspecified atom stereocenters. The summed E-state index contributed by atoms with van der Waals surface area (Å²) in [7, 11) is 1.70. The number of aromatic nitrogens is 2. The van der Waals surface area contributed by atoms with E-state index >= 15 is 0 Å². The predicted octanol–water partition coefficient (Wildman–Crippen LogP) is 1.60. The molecular formula is C17H20N4O2. The van der Waals surface area contributed by atoms with Gasteiger partial charge in [0.25, 0.3) is 11.8 Å². The van der Waals surface area contributed by atoms with E-state index < -0.39 is 0 Å². The first-order valence-corrected chi connectivity index (χ1v) is 7.34. The molecule has 0 aliphatic heterocycles. The summed E-state index contributed by atoms with van der Waals surface area (Å²) in [6.45, 7) is 4.55. The molecule has 0 saturated carbocycles. The lowest BCUT2D eigenvalue weighted by molar-refractivity contribution is 0.0786. The predicted molar refractivity (Wildman–Crippen MR) is 87.2 cm³/mol. The van der Waals surface area contributed by atoms with Crippen molar-refractivity contribution in [3.05, 3.63) is 59.2 Å². The second kappa shape index (κ2) is 7.49. The van der Waals surface area contributed by atoms with E-state index in [1.807, 2.05) is 13.8 Å². The molecule has 0 fully saturated rings. The lowest BCUT2D eigenvalue weighted by Gasteiger charge is -2.17. The van der Waals surface area contributed by atoms with Crippen molar-refractivity contribution in [2.24, 2.45) is 0 Å². The summed E-state index contributed by atoms with van der Waals surface area (Å²) in [5.74, 6) is -0.313. The second-order valence-electron chi connectivity index (χ2n) is 5.48. The van der Waals surface area contributed by atoms with Crippen molar-refractivity contribution in [1.82, 2.24) is 20.2 Å². The van der Waals surface area contributed by atoms with Crippen molar-refractivity contribution in [2.75, 3.05) is 20.1 Å². The monoisotopic (exact) mass is 312 g/mol. The molecule has 0 spiro atoms. The molecule has 0 atom stereocenters. The first kappa shape index (κ1) is 16.6. The fraction of sp³-hybridized carbons (Fsp3) is 0.294. The van der Waals surface area contributed by atoms with Gasteiger partial charge in [0.15, 0.2) is 0 Å². The number of amides is 2. The smallest absolute Gasteiger partial charge is 0.255 e. The number of hydrogen-bond donors (Lipinski definition) is 1. The van der Waals surface area contributed by atoms with Crippen molar-refractivity contribution >= 4 is 11.8 Å². The molecule has 2 amide bonds. The third kappa shape index (κ3) is 4.60. The zero-order chi connectivity index (χ0) is 16.8. The van der Waals surface area contributed by atoms with Gasteiger partial charge in [0.05, 0.1) is 11.1 Å². The normalized spacial score (nSPS) is 10.2. The van der Waals surface area contributed by atoms with Gasteiger partial charge in [-0.1, -0.05) is 0 Å². The van der Waals surface area contributed by atoms with Gasteiger partial charge in [-0.05, 0) is 37.1 Å². The van der Waals surface area contributed by atoms with Crippen LogP contribution in [0.1, 0.15) is 31.8 Å². The Morgan fingerprint density at radius 2 is 1.57 bits per heavy atom. The molecular weight excluding hydrogens is 292 g/mol. The van der Waals surface area contributed by atoms with Crippen molar-refractivity contribution in [2.45, 2.75) is 13.8 Å². The van der Waals surface area contributed by atoms with Gasteiger partial charge in [0.1, 0.15) is 0 Å². The topological polar surface area (TPSA) is 75.2 Å². The lowest BCUT2D eigenvalue weighted by atomic mass is 10.2. The third-order valence-corrected chi connectivity index (χ3v) is 3.34. The number of nitrogens with one attached hydrogen (secondary N) is 1. The van der Waals surface area contributed by atoms with Gasteiger partial charge in [-0.3, -0.25) is 19.6 Å². The van der Waals surface area contributed by atoms with Crippen molar-refractivity contribution in [3.8, 4) is 0 Å². The van der Waals surface area contributed by atoms with E-state index in [-0.39, 0.29) is 11.8 Å². The summed E-state index contributed by atoms with van der Waals surface area (Å²) < 4.78 is 0. The summed E-state index contributed by atoms with van der Waals surface area (Å²) in [5, 5.41) is 2.79. The number of nitrogens with zero attached hydrogens (tertiary/aromatic N) is 3. The van der Waals surface area contributed by atoms with Gasteiger partial charge in [0.2, 0.25) is 0 Å². The van der Waals surface area contributed by atoms with E-state index in [0.29, 0.717) is 24.2 Å². The van der Waals surface area contributed by atoms with E-state index in [4.69, 9.17) is 0 Å². The highest BCUT2D eigenvalue weighted by atomic mass is 16.2. The van der Waals surface area contributed by atoms with Crippen LogP contribution in [-0.2, 0) is 0 Å². The number of carbonyl (C=O) groups excluding carboxylic acids is 2. The van der Waals surface area contributed by atoms with E-state index in [9.17, 15) is 9.59 Å². The molecule has 0 bridgehead atoms. The van der Waals surface area contributed by atoms with Crippen LogP contribution in [0.4, 0.5) is 0 Å². The summed E-state index contributed by atoms with van der Waals surface area (Å²) in [4.78, 5) is 33.8. The van der Waals surface area contributed by atoms with Gasteiger partial charge in [-0.2, -0.15) is 0 Å². The molecule has 120 valence electrons. The van der Waals surface area contributed by atoms with Gasteiger partial charge in [0, 0.05) is 44.9 Å². The Hall–Kier alpha value is -2.76. The van der Waals surface area contributed by atoms with Crippen LogP contribution in [0, 0.1) is 13.8 Å². The molecule has 0 radical (unpaired) electrons. The van der Waals surface area contributed by atoms with Crippen molar-refractivity contribution in [3.63, 3.8) is 0 Å². The Labute approximate surface area is 135 Å². The summed E-state index contributed by atoms with van der Waals surface area (Å²) in [6, 6.07) is 3.57. The quantitative estimate of drug-likeness (QED) is 0.910. The average Bonchev–Trinajstić information content (AvgIpc) is 2.54. The van der Waals surface area contributed by atoms with Crippen LogP contribution < -0.4 is 5.32 Å². The Kier molecular flexibility index (Phi) is 5.41. The fourth-order valence-corrected chi connectivity index (χ4v) is 2.11. The number of hydrogen-bond acceptors (Lipinski definition) is 4. The Morgan fingerprint density at radius 1 is 1.00 bits per heavy atom. The minimum Gasteiger partial charge on any atom is -0.350 e. The van der Waals surface area contributed by atoms with Crippen LogP contribution in [-0.4, -0.2) is 46.8 Å². The van der Waals surface area contributed by atoms with Gasteiger partial charge >= 0.3 is 0 Å². The molecule has 0 saturated heterocycles. The molecule has 0 aromatic carbocycles. The SMILES string of the molecule is Cc1cncc(C(=O)NCCN(C)C(=O)c2cncc(C)c2)c1. The minimum absolute atomic E-state index is 0.118. The zero-order valence-corrected chi connectivity index (χ0v) is 13.5. The zero-order valence-electron chi connectivity index (χ0n) is 13.5. The average molecular weight is 312 g/mol. The standard InChI is InChI=1S/C17H20N4O2/c1-12-6-14(10-18-8-12)16(22)20-4-5-21(3)17(23)15-7-13(2)9-19-11-15/h6-11H,4-5H2,1-3H3,(H,20,22). The van der Waals surface area contributed by atoms with Crippen LogP contribution in [0.3, 0.4) is 0 Å². The third-order valence-electron chi connectivity index (χ3n) is 3.34. The summed E-state index contributed by atoms with van der Waals surface area (Å²) in [6.07, 6.45) is 6.46. The highest BCUT2D eigenvalue weighted by Gasteiger charge is 2.12. The van der Waals surface area contributed by atoms with Crippen LogP contribution >= 0.6 is 0 Å². The Morgan fingerprint density at radius 3 is 2.17 bits per heavy atom. The van der Waals surface area contributed by atoms with Gasteiger partial charge in [-0.25, -0.2) is 0 Å². The molecule has 2 aromatic rings. The summed E-state index contributed by atoms with van der Waals surface area (Å²) in [5.41, 5.74) is 2.92. The van der Waals surface area contributed by atoms with E-state index in [0.717, 1.165) is 11.1 Å². The molecule has 2 rings (SSSR count). The Balaban J connectivity index is 1.86. The molecule has 6 nitrogen and oxygen atoms in total. The Bertz CT molecular complexity index is 715. The molecule has 1 N–H and O–H groups in total. The van der Waals surface area contributed by atoms with Gasteiger partial charge in [-0.15, -0.1) is 0 Å². The second-order valence-corrected chi connectivity index (χ2v) is 5.48. The first-order valence-electron chi connectivity index (χ1n) is 7.34. The number of rotatable bonds is 5. The molecule has 2 aromatic heterocycles. The van der Waals surface area contributed by atoms with Gasteiger partial charge < -0.3 is 10.2 Å². The van der Waals surface area contributed by atoms with Crippen LogP contribution in [0.15, 0.2) is 36.9 Å². The van der Waals surface area contributed by atoms with Crippen LogP contribution in [0.25, 0.3) is 0 Å². The largest absolute Gasteiger partial charge is 0.350 e. The van der Waals surface area contributed by atoms with E-state index in [2.05, 4.69) is 15.3 Å². The molecule has 2 heterocycles. The molecule has 0 aliphatic carbocycles. The summed E-state index contributed by atoms with van der Waals surface area (Å²) >= 11 is 0. The van der Waals surface area contributed by atoms with Crippen LogP contribution in [0.2, 0.25) is 0 Å². The maximum atomic E-state index is 12.3. The van der Waals surface area contributed by atoms with E-state index in [1.165, 1.54) is 6.20 Å². The highest BCUT2D eigenvalue weighted by molar-refractivity contribution is 5.95. The fourth-order valence-electron chi connectivity index (χ4n) is 2.11. The number of likely N-dealkylation sites (N-methyl/N-ethyl adjacent to an activating group) is 1. The molecule has 0 aliphatic rings. The maximum absolute atomic E-state index is 12.3. The lowest BCUT2D eigenvalue weighted by Crippen LogP contribution is -2.36. The van der Waals surface area contributed by atoms with Crippen molar-refractivity contribution in [1.29, 1.82) is 0 Å². The number of carbonyl (C=O) groups is 2. The number of pyridine rings is 2. The van der Waals surface area contributed by atoms with Crippen molar-refractivity contribution < 1.29 is 9.59 Å². The van der Waals surface area contributed by atoms with E-state index in [1.54, 1.807) is 42.7 Å². The van der Waals surface area contributed by atoms with Crippen LogP contribution in [0.5, 0.6) is 0 Å². The highest BCUT2D eigenvalue weighted by Crippen LogP contribution is 2.05. The molecule has 23 heavy (non-hydrogen) atoms. The first-order chi connectivity index (χ1) is 11.0. The molecule has 6 heteroatoms. The number of aryl methyl sites for hydroxylation is 2. The minimum atomic E-state index is -0.195. The maximum Gasteiger partial charge on any atom is 0.255 e.